The molecule has 0 saturated heterocycles. The van der Waals surface area contributed by atoms with Crippen LogP contribution in [0.25, 0.3) is 4.96 Å². The number of aromatic nitrogens is 3. The predicted molar refractivity (Wildman–Crippen MR) is 106 cm³/mol. The van der Waals surface area contributed by atoms with Gasteiger partial charge in [-0.15, -0.1) is 13.2 Å². The summed E-state index contributed by atoms with van der Waals surface area (Å²) in [5, 5.41) is 3.24. The van der Waals surface area contributed by atoms with E-state index in [1.165, 1.54) is 11.5 Å². The van der Waals surface area contributed by atoms with Gasteiger partial charge < -0.3 is 10.1 Å². The highest BCUT2D eigenvalue weighted by molar-refractivity contribution is 7.89. The first-order valence-electron chi connectivity index (χ1n) is 9.13. The Kier molecular flexibility index (Phi) is 7.15. The molecule has 0 atom stereocenters. The molecular formula is C17H20F3N5O3S2. The zero-order valence-corrected chi connectivity index (χ0v) is 17.4. The Labute approximate surface area is 175 Å². The van der Waals surface area contributed by atoms with Crippen LogP contribution >= 0.6 is 11.5 Å². The van der Waals surface area contributed by atoms with Crippen LogP contribution in [0.5, 0.6) is 5.75 Å². The Morgan fingerprint density at radius 3 is 2.47 bits per heavy atom. The monoisotopic (exact) mass is 463 g/mol. The lowest BCUT2D eigenvalue weighted by Crippen LogP contribution is -2.24. The number of benzene rings is 1. The number of anilines is 1. The van der Waals surface area contributed by atoms with E-state index in [0.717, 1.165) is 61.0 Å². The predicted octanol–water partition coefficient (Wildman–Crippen LogP) is 3.64. The molecule has 30 heavy (non-hydrogen) atoms. The Morgan fingerprint density at radius 1 is 1.07 bits per heavy atom. The van der Waals surface area contributed by atoms with Gasteiger partial charge in [0.2, 0.25) is 20.9 Å². The number of alkyl halides is 3. The smallest absolute Gasteiger partial charge is 0.406 e. The van der Waals surface area contributed by atoms with Crippen LogP contribution in [0.15, 0.2) is 41.6 Å². The van der Waals surface area contributed by atoms with E-state index in [2.05, 4.69) is 24.1 Å². The molecule has 2 heterocycles. The van der Waals surface area contributed by atoms with Crippen LogP contribution in [-0.4, -0.2) is 41.6 Å². The van der Waals surface area contributed by atoms with Crippen molar-refractivity contribution in [3.05, 3.63) is 36.7 Å². The molecule has 0 fully saturated rings. The summed E-state index contributed by atoms with van der Waals surface area (Å²) in [6, 6.07) is 4.08. The maximum atomic E-state index is 12.2. The van der Waals surface area contributed by atoms with Crippen LogP contribution in [0, 0.1) is 0 Å². The average molecular weight is 464 g/mol. The number of hydrogen-bond acceptors (Lipinski definition) is 7. The molecule has 0 amide bonds. The first-order valence-corrected chi connectivity index (χ1v) is 11.4. The van der Waals surface area contributed by atoms with Gasteiger partial charge in [0.25, 0.3) is 0 Å². The first kappa shape index (κ1) is 22.3. The molecule has 0 aliphatic rings. The maximum absolute atomic E-state index is 12.2. The molecular weight excluding hydrogens is 443 g/mol. The third-order valence-corrected chi connectivity index (χ3v) is 6.30. The van der Waals surface area contributed by atoms with Crippen LogP contribution in [0.3, 0.4) is 0 Å². The number of halogens is 3. The van der Waals surface area contributed by atoms with E-state index >= 15 is 0 Å². The fourth-order valence-electron chi connectivity index (χ4n) is 2.68. The minimum atomic E-state index is -4.82. The molecule has 2 aromatic heterocycles. The summed E-state index contributed by atoms with van der Waals surface area (Å²) in [4.78, 5) is 4.86. The summed E-state index contributed by atoms with van der Waals surface area (Å²) in [5.41, 5.74) is 0. The number of imidazole rings is 1. The second-order valence-electron chi connectivity index (χ2n) is 6.34. The van der Waals surface area contributed by atoms with E-state index < -0.39 is 22.1 Å². The van der Waals surface area contributed by atoms with Crippen molar-refractivity contribution in [2.75, 3.05) is 18.4 Å². The van der Waals surface area contributed by atoms with Gasteiger partial charge in [0.15, 0.2) is 0 Å². The second-order valence-corrected chi connectivity index (χ2v) is 8.84. The number of nitrogens with one attached hydrogen (secondary N) is 2. The van der Waals surface area contributed by atoms with E-state index in [1.807, 2.05) is 10.6 Å². The van der Waals surface area contributed by atoms with E-state index in [4.69, 9.17) is 0 Å². The third-order valence-electron chi connectivity index (χ3n) is 4.10. The van der Waals surface area contributed by atoms with Crippen molar-refractivity contribution >= 4 is 32.5 Å². The lowest BCUT2D eigenvalue weighted by Gasteiger charge is -2.10. The molecule has 13 heteroatoms. The second kappa shape index (κ2) is 9.62. The van der Waals surface area contributed by atoms with Crippen molar-refractivity contribution in [1.82, 2.24) is 18.5 Å². The SMILES string of the molecule is O=S(=O)(NCCCCCCNc1nsc2nccn12)c1ccc(OC(F)(F)F)cc1. The molecule has 3 aromatic rings. The molecule has 0 radical (unpaired) electrons. The van der Waals surface area contributed by atoms with Gasteiger partial charge in [-0.3, -0.25) is 4.40 Å². The van der Waals surface area contributed by atoms with Crippen LogP contribution < -0.4 is 14.8 Å². The van der Waals surface area contributed by atoms with E-state index in [0.29, 0.717) is 6.42 Å². The van der Waals surface area contributed by atoms with Gasteiger partial charge in [-0.05, 0) is 37.1 Å². The molecule has 8 nitrogen and oxygen atoms in total. The molecule has 0 bridgehead atoms. The van der Waals surface area contributed by atoms with Crippen molar-refractivity contribution in [2.24, 2.45) is 0 Å². The largest absolute Gasteiger partial charge is 0.573 e. The normalized spacial score (nSPS) is 12.4. The highest BCUT2D eigenvalue weighted by Gasteiger charge is 2.31. The van der Waals surface area contributed by atoms with E-state index in [1.54, 1.807) is 6.20 Å². The Balaban J connectivity index is 1.32. The molecule has 0 aliphatic heterocycles. The first-order chi connectivity index (χ1) is 14.2. The molecule has 1 aromatic carbocycles. The maximum Gasteiger partial charge on any atom is 0.573 e. The Hall–Kier alpha value is -2.38. The van der Waals surface area contributed by atoms with E-state index in [-0.39, 0.29) is 11.4 Å². The highest BCUT2D eigenvalue weighted by atomic mass is 32.2. The Bertz CT molecular complexity index is 1050. The number of fused-ring (bicyclic) bond motifs is 1. The van der Waals surface area contributed by atoms with E-state index in [9.17, 15) is 21.6 Å². The number of nitrogens with zero attached hydrogens (tertiary/aromatic N) is 3. The van der Waals surface area contributed by atoms with Crippen LogP contribution in [-0.2, 0) is 10.0 Å². The quantitative estimate of drug-likeness (QED) is 0.422. The van der Waals surface area contributed by atoms with Gasteiger partial charge >= 0.3 is 6.36 Å². The molecule has 0 spiro atoms. The zero-order valence-electron chi connectivity index (χ0n) is 15.7. The fourth-order valence-corrected chi connectivity index (χ4v) is 4.42. The number of rotatable bonds is 11. The molecule has 2 N–H and O–H groups in total. The molecule has 164 valence electrons. The molecule has 0 saturated carbocycles. The minimum absolute atomic E-state index is 0.115. The highest BCUT2D eigenvalue weighted by Crippen LogP contribution is 2.23. The zero-order chi connectivity index (χ0) is 21.6. The van der Waals surface area contributed by atoms with Gasteiger partial charge in [0.1, 0.15) is 5.75 Å². The Morgan fingerprint density at radius 2 is 1.77 bits per heavy atom. The van der Waals surface area contributed by atoms with Crippen LogP contribution in [0.2, 0.25) is 0 Å². The number of hydrogen-bond donors (Lipinski definition) is 2. The van der Waals surface area contributed by atoms with Crippen molar-refractivity contribution in [2.45, 2.75) is 36.9 Å². The average Bonchev–Trinajstić information content (AvgIpc) is 3.27. The van der Waals surface area contributed by atoms with Gasteiger partial charge in [-0.1, -0.05) is 12.8 Å². The summed E-state index contributed by atoms with van der Waals surface area (Å²) in [6.07, 6.45) is 2.03. The number of sulfonamides is 1. The topological polar surface area (TPSA) is 97.6 Å². The third kappa shape index (κ3) is 6.31. The van der Waals surface area contributed by atoms with Gasteiger partial charge in [0, 0.05) is 37.0 Å². The van der Waals surface area contributed by atoms with Gasteiger partial charge in [0.05, 0.1) is 4.90 Å². The number of unbranched alkanes of at least 4 members (excludes halogenated alkanes) is 3. The summed E-state index contributed by atoms with van der Waals surface area (Å²) in [5.74, 6) is 0.286. The molecule has 0 aliphatic carbocycles. The summed E-state index contributed by atoms with van der Waals surface area (Å²) < 4.78 is 73.1. The lowest BCUT2D eigenvalue weighted by molar-refractivity contribution is -0.274. The summed E-state index contributed by atoms with van der Waals surface area (Å²) in [7, 11) is -3.78. The lowest BCUT2D eigenvalue weighted by atomic mass is 10.2. The van der Waals surface area contributed by atoms with Crippen LogP contribution in [0.1, 0.15) is 25.7 Å². The fraction of sp³-hybridized carbons (Fsp3) is 0.412. The molecule has 3 rings (SSSR count). The molecule has 0 unspecified atom stereocenters. The van der Waals surface area contributed by atoms with Gasteiger partial charge in [-0.25, -0.2) is 18.1 Å². The standard InChI is InChI=1S/C17H20F3N5O3S2/c18-17(19,20)28-13-5-7-14(8-6-13)30(26,27)23-10-4-2-1-3-9-21-15-24-29-16-22-11-12-25(15)16/h5-8,11-12,23H,1-4,9-10H2,(H,21,24). The summed E-state index contributed by atoms with van der Waals surface area (Å²) in [6.45, 7) is 0.993. The van der Waals surface area contributed by atoms with Crippen molar-refractivity contribution in [1.29, 1.82) is 0 Å². The number of ether oxygens (including phenoxy) is 1. The van der Waals surface area contributed by atoms with Crippen LogP contribution in [0.4, 0.5) is 19.1 Å². The van der Waals surface area contributed by atoms with Crippen molar-refractivity contribution in [3.8, 4) is 5.75 Å². The summed E-state index contributed by atoms with van der Waals surface area (Å²) >= 11 is 1.32. The van der Waals surface area contributed by atoms with Crippen molar-refractivity contribution in [3.63, 3.8) is 0 Å². The van der Waals surface area contributed by atoms with Gasteiger partial charge in [-0.2, -0.15) is 4.37 Å². The minimum Gasteiger partial charge on any atom is -0.406 e. The van der Waals surface area contributed by atoms with Crippen molar-refractivity contribution < 1.29 is 26.3 Å².